The Morgan fingerprint density at radius 3 is 2.92 bits per heavy atom. The molecule has 0 bridgehead atoms. The maximum absolute atomic E-state index is 12.7. The number of benzene rings is 1. The summed E-state index contributed by atoms with van der Waals surface area (Å²) in [5.74, 6) is 1.75. The van der Waals surface area contributed by atoms with Crippen molar-refractivity contribution >= 4 is 11.9 Å². The molecule has 36 heavy (non-hydrogen) atoms. The standard InChI is InChI=1S/C26H32N6O4/c1-17-24(36-16-30-17)15-35-20-6-5-18-12-22(28-13-19(18)11-20)23(33)14-29-25(34)21-7-8-27-26(31-21)32-9-3-2-4-10-32/h5-8,11,16,22-23,28,33H,2-4,9-10,12-15H2,1H3,(H,29,34)/t22-,23+/m0/s1. The van der Waals surface area contributed by atoms with Gasteiger partial charge in [0.15, 0.2) is 12.2 Å². The number of anilines is 1. The molecule has 10 heteroatoms. The van der Waals surface area contributed by atoms with E-state index in [1.54, 1.807) is 12.3 Å². The number of piperidine rings is 1. The fourth-order valence-electron chi connectivity index (χ4n) is 4.64. The highest BCUT2D eigenvalue weighted by Gasteiger charge is 2.26. The molecule has 3 aromatic rings. The number of fused-ring (bicyclic) bond motifs is 1. The summed E-state index contributed by atoms with van der Waals surface area (Å²) in [6, 6.07) is 7.40. The summed E-state index contributed by atoms with van der Waals surface area (Å²) in [6.45, 7) is 4.76. The molecule has 2 aromatic heterocycles. The number of hydrogen-bond acceptors (Lipinski definition) is 9. The minimum absolute atomic E-state index is 0.132. The lowest BCUT2D eigenvalue weighted by atomic mass is 9.92. The van der Waals surface area contributed by atoms with E-state index in [9.17, 15) is 9.90 Å². The first-order valence-corrected chi connectivity index (χ1v) is 12.5. The number of nitrogens with one attached hydrogen (secondary N) is 2. The van der Waals surface area contributed by atoms with Gasteiger partial charge in [0.25, 0.3) is 5.91 Å². The fourth-order valence-corrected chi connectivity index (χ4v) is 4.64. The number of aryl methyl sites for hydroxylation is 1. The van der Waals surface area contributed by atoms with Crippen molar-refractivity contribution in [2.45, 2.75) is 57.9 Å². The Bertz CT molecular complexity index is 1190. The number of aliphatic hydroxyl groups excluding tert-OH is 1. The summed E-state index contributed by atoms with van der Waals surface area (Å²) in [7, 11) is 0. The maximum atomic E-state index is 12.7. The lowest BCUT2D eigenvalue weighted by Gasteiger charge is -2.30. The largest absolute Gasteiger partial charge is 0.486 e. The minimum atomic E-state index is -0.740. The van der Waals surface area contributed by atoms with Crippen LogP contribution in [0.4, 0.5) is 5.95 Å². The van der Waals surface area contributed by atoms with Gasteiger partial charge in [-0.2, -0.15) is 0 Å². The predicted octanol–water partition coefficient (Wildman–Crippen LogP) is 2.15. The van der Waals surface area contributed by atoms with E-state index in [1.165, 1.54) is 12.8 Å². The predicted molar refractivity (Wildman–Crippen MR) is 133 cm³/mol. The maximum Gasteiger partial charge on any atom is 0.270 e. The van der Waals surface area contributed by atoms with Crippen molar-refractivity contribution in [2.75, 3.05) is 24.5 Å². The van der Waals surface area contributed by atoms with E-state index < -0.39 is 6.10 Å². The third-order valence-electron chi connectivity index (χ3n) is 6.84. The van der Waals surface area contributed by atoms with Crippen LogP contribution in [0.3, 0.4) is 0 Å². The van der Waals surface area contributed by atoms with Crippen molar-refractivity contribution in [1.29, 1.82) is 0 Å². The van der Waals surface area contributed by atoms with E-state index in [0.717, 1.165) is 48.5 Å². The van der Waals surface area contributed by atoms with E-state index in [2.05, 4.69) is 30.5 Å². The summed E-state index contributed by atoms with van der Waals surface area (Å²) in [6.07, 6.45) is 6.38. The average molecular weight is 493 g/mol. The second kappa shape index (κ2) is 11.0. The highest BCUT2D eigenvalue weighted by atomic mass is 16.5. The minimum Gasteiger partial charge on any atom is -0.486 e. The number of ether oxygens (including phenoxy) is 1. The zero-order valence-electron chi connectivity index (χ0n) is 20.4. The smallest absolute Gasteiger partial charge is 0.270 e. The normalized spacial score (nSPS) is 18.4. The molecule has 2 aliphatic heterocycles. The molecular weight excluding hydrogens is 460 g/mol. The molecule has 0 radical (unpaired) electrons. The summed E-state index contributed by atoms with van der Waals surface area (Å²) >= 11 is 0. The zero-order valence-corrected chi connectivity index (χ0v) is 20.4. The Morgan fingerprint density at radius 1 is 1.25 bits per heavy atom. The van der Waals surface area contributed by atoms with Crippen LogP contribution in [0.1, 0.15) is 52.3 Å². The van der Waals surface area contributed by atoms with Crippen molar-refractivity contribution in [2.24, 2.45) is 0 Å². The number of hydrogen-bond donors (Lipinski definition) is 3. The van der Waals surface area contributed by atoms with Crippen LogP contribution in [0.5, 0.6) is 5.75 Å². The topological polar surface area (TPSA) is 126 Å². The molecule has 0 spiro atoms. The number of nitrogens with zero attached hydrogens (tertiary/aromatic N) is 4. The molecule has 3 N–H and O–H groups in total. The Kier molecular flexibility index (Phi) is 7.43. The van der Waals surface area contributed by atoms with E-state index in [4.69, 9.17) is 9.15 Å². The lowest BCUT2D eigenvalue weighted by molar-refractivity contribution is 0.0865. The number of carbonyl (C=O) groups is 1. The van der Waals surface area contributed by atoms with Crippen molar-refractivity contribution in [3.8, 4) is 5.75 Å². The molecule has 190 valence electrons. The highest BCUT2D eigenvalue weighted by molar-refractivity contribution is 5.92. The monoisotopic (exact) mass is 492 g/mol. The number of aliphatic hydroxyl groups is 1. The van der Waals surface area contributed by atoms with Crippen LogP contribution < -0.4 is 20.3 Å². The Hall–Kier alpha value is -3.50. The van der Waals surface area contributed by atoms with Crippen LogP contribution in [0.2, 0.25) is 0 Å². The van der Waals surface area contributed by atoms with Gasteiger partial charge in [-0.3, -0.25) is 4.79 Å². The van der Waals surface area contributed by atoms with Gasteiger partial charge in [0.2, 0.25) is 5.95 Å². The van der Waals surface area contributed by atoms with Crippen LogP contribution in [0.25, 0.3) is 0 Å². The first-order chi connectivity index (χ1) is 17.6. The quantitative estimate of drug-likeness (QED) is 0.434. The SMILES string of the molecule is Cc1ncoc1COc1ccc2c(c1)CN[C@H]([C@H](O)CNC(=O)c1ccnc(N3CCCCC3)n1)C2. The summed E-state index contributed by atoms with van der Waals surface area (Å²) in [5.41, 5.74) is 3.41. The summed E-state index contributed by atoms with van der Waals surface area (Å²) in [4.78, 5) is 27.7. The molecule has 0 unspecified atom stereocenters. The van der Waals surface area contributed by atoms with Crippen molar-refractivity contribution in [1.82, 2.24) is 25.6 Å². The lowest BCUT2D eigenvalue weighted by Crippen LogP contribution is -2.49. The van der Waals surface area contributed by atoms with Gasteiger partial charge in [0, 0.05) is 38.4 Å². The van der Waals surface area contributed by atoms with Gasteiger partial charge in [-0.05, 0) is 61.9 Å². The first kappa shape index (κ1) is 24.2. The molecule has 10 nitrogen and oxygen atoms in total. The van der Waals surface area contributed by atoms with Crippen LogP contribution in [-0.2, 0) is 19.6 Å². The van der Waals surface area contributed by atoms with Crippen LogP contribution in [0.15, 0.2) is 41.3 Å². The van der Waals surface area contributed by atoms with Crippen molar-refractivity contribution in [3.05, 3.63) is 65.1 Å². The third-order valence-corrected chi connectivity index (χ3v) is 6.84. The molecule has 0 aliphatic carbocycles. The number of aromatic nitrogens is 3. The second-order valence-corrected chi connectivity index (χ2v) is 9.34. The van der Waals surface area contributed by atoms with E-state index in [-0.39, 0.29) is 18.5 Å². The van der Waals surface area contributed by atoms with E-state index >= 15 is 0 Å². The molecule has 1 aromatic carbocycles. The molecule has 1 fully saturated rings. The molecule has 5 rings (SSSR count). The van der Waals surface area contributed by atoms with Gasteiger partial charge in [0.1, 0.15) is 18.1 Å². The highest BCUT2D eigenvalue weighted by Crippen LogP contribution is 2.24. The van der Waals surface area contributed by atoms with Crippen molar-refractivity contribution in [3.63, 3.8) is 0 Å². The zero-order chi connectivity index (χ0) is 24.9. The van der Waals surface area contributed by atoms with Crippen LogP contribution in [-0.4, -0.2) is 57.7 Å². The van der Waals surface area contributed by atoms with Gasteiger partial charge >= 0.3 is 0 Å². The van der Waals surface area contributed by atoms with Gasteiger partial charge in [0.05, 0.1) is 11.8 Å². The first-order valence-electron chi connectivity index (χ1n) is 12.5. The fraction of sp³-hybridized carbons (Fsp3) is 0.462. The second-order valence-electron chi connectivity index (χ2n) is 9.34. The molecule has 2 atom stereocenters. The van der Waals surface area contributed by atoms with Gasteiger partial charge in [-0.15, -0.1) is 0 Å². The Labute approximate surface area is 210 Å². The van der Waals surface area contributed by atoms with Gasteiger partial charge < -0.3 is 29.8 Å². The summed E-state index contributed by atoms with van der Waals surface area (Å²) in [5, 5.41) is 17.0. The van der Waals surface area contributed by atoms with Gasteiger partial charge in [-0.1, -0.05) is 6.07 Å². The van der Waals surface area contributed by atoms with E-state index in [0.29, 0.717) is 37.0 Å². The number of amides is 1. The van der Waals surface area contributed by atoms with Crippen LogP contribution >= 0.6 is 0 Å². The van der Waals surface area contributed by atoms with Crippen molar-refractivity contribution < 1.29 is 19.1 Å². The number of oxazole rings is 1. The summed E-state index contributed by atoms with van der Waals surface area (Å²) < 4.78 is 11.2. The molecule has 4 heterocycles. The number of carbonyl (C=O) groups excluding carboxylic acids is 1. The third kappa shape index (κ3) is 5.66. The van der Waals surface area contributed by atoms with Crippen LogP contribution in [0, 0.1) is 6.92 Å². The van der Waals surface area contributed by atoms with Gasteiger partial charge in [-0.25, -0.2) is 15.0 Å². The molecule has 2 aliphatic rings. The average Bonchev–Trinajstić information content (AvgIpc) is 3.35. The number of rotatable bonds is 8. The Morgan fingerprint density at radius 2 is 2.11 bits per heavy atom. The van der Waals surface area contributed by atoms with E-state index in [1.807, 2.05) is 25.1 Å². The molecule has 0 saturated carbocycles. The molecule has 1 amide bonds. The molecular formula is C26H32N6O4. The molecule has 1 saturated heterocycles. The Balaban J connectivity index is 1.13.